The Morgan fingerprint density at radius 3 is 2.43 bits per heavy atom. The number of nitrogens with one attached hydrogen (secondary N) is 2. The molecule has 0 saturated heterocycles. The summed E-state index contributed by atoms with van der Waals surface area (Å²) < 4.78 is 39.0. The number of para-hydroxylation sites is 1. The normalized spacial score (nSPS) is 11.0. The minimum Gasteiger partial charge on any atom is -0.342 e. The molecule has 0 atom stereocenters. The summed E-state index contributed by atoms with van der Waals surface area (Å²) in [5.74, 6) is -1.70. The highest BCUT2D eigenvalue weighted by atomic mass is 32.1. The fraction of sp³-hybridized carbons (Fsp3) is 0.278. The first-order valence-electron chi connectivity index (χ1n) is 8.28. The van der Waals surface area contributed by atoms with Crippen LogP contribution in [0.4, 0.5) is 18.9 Å². The summed E-state index contributed by atoms with van der Waals surface area (Å²) in [7, 11) is 0. The van der Waals surface area contributed by atoms with Gasteiger partial charge in [0.25, 0.3) is 5.91 Å². The summed E-state index contributed by atoms with van der Waals surface area (Å²) in [5, 5.41) is 6.36. The van der Waals surface area contributed by atoms with Crippen LogP contribution in [0.3, 0.4) is 0 Å². The standard InChI is InChI=1S/C18H18F3N3O3S/c1-2-24(16(26)10-22-17(27)14-8-5-9-28-14)11-15(25)23-13-7-4-3-6-12(13)18(19,20)21/h3-9H,2,10-11H2,1H3,(H,22,27)(H,23,25). The summed E-state index contributed by atoms with van der Waals surface area (Å²) in [6.45, 7) is 1.02. The zero-order valence-electron chi connectivity index (χ0n) is 14.9. The van der Waals surface area contributed by atoms with Crippen molar-refractivity contribution in [2.24, 2.45) is 0 Å². The Kier molecular flexibility index (Phi) is 7.16. The number of amides is 3. The van der Waals surface area contributed by atoms with Crippen molar-refractivity contribution < 1.29 is 27.6 Å². The minimum atomic E-state index is -4.61. The summed E-state index contributed by atoms with van der Waals surface area (Å²) in [4.78, 5) is 37.8. The fourth-order valence-electron chi connectivity index (χ4n) is 2.34. The maximum absolute atomic E-state index is 13.0. The molecule has 10 heteroatoms. The molecule has 0 saturated carbocycles. The number of rotatable bonds is 7. The molecule has 0 aliphatic rings. The lowest BCUT2D eigenvalue weighted by Gasteiger charge is -2.21. The van der Waals surface area contributed by atoms with Gasteiger partial charge >= 0.3 is 6.18 Å². The van der Waals surface area contributed by atoms with E-state index in [2.05, 4.69) is 10.6 Å². The van der Waals surface area contributed by atoms with E-state index in [1.165, 1.54) is 23.5 Å². The highest BCUT2D eigenvalue weighted by Crippen LogP contribution is 2.34. The molecule has 2 N–H and O–H groups in total. The lowest BCUT2D eigenvalue weighted by atomic mass is 10.1. The van der Waals surface area contributed by atoms with E-state index >= 15 is 0 Å². The van der Waals surface area contributed by atoms with E-state index in [-0.39, 0.29) is 18.8 Å². The summed E-state index contributed by atoms with van der Waals surface area (Å²) in [6.07, 6.45) is -4.61. The lowest BCUT2D eigenvalue weighted by Crippen LogP contribution is -2.43. The molecule has 3 amide bonds. The zero-order chi connectivity index (χ0) is 20.7. The Labute approximate surface area is 163 Å². The van der Waals surface area contributed by atoms with Crippen LogP contribution < -0.4 is 10.6 Å². The van der Waals surface area contributed by atoms with Crippen molar-refractivity contribution in [2.75, 3.05) is 25.0 Å². The quantitative estimate of drug-likeness (QED) is 0.733. The fourth-order valence-corrected chi connectivity index (χ4v) is 2.98. The Morgan fingerprint density at radius 1 is 1.11 bits per heavy atom. The second kappa shape index (κ2) is 9.36. The minimum absolute atomic E-state index is 0.155. The van der Waals surface area contributed by atoms with Crippen LogP contribution in [0.1, 0.15) is 22.2 Å². The van der Waals surface area contributed by atoms with Gasteiger partial charge in [-0.1, -0.05) is 18.2 Å². The highest BCUT2D eigenvalue weighted by molar-refractivity contribution is 7.12. The van der Waals surface area contributed by atoms with Gasteiger partial charge in [0.15, 0.2) is 0 Å². The molecule has 28 heavy (non-hydrogen) atoms. The molecule has 0 bridgehead atoms. The number of carbonyl (C=O) groups is 3. The van der Waals surface area contributed by atoms with Crippen molar-refractivity contribution in [1.82, 2.24) is 10.2 Å². The predicted octanol–water partition coefficient (Wildman–Crippen LogP) is 2.98. The number of hydrogen-bond donors (Lipinski definition) is 2. The number of anilines is 1. The van der Waals surface area contributed by atoms with E-state index in [1.54, 1.807) is 24.4 Å². The molecule has 150 valence electrons. The van der Waals surface area contributed by atoms with E-state index in [9.17, 15) is 27.6 Å². The highest BCUT2D eigenvalue weighted by Gasteiger charge is 2.33. The van der Waals surface area contributed by atoms with E-state index in [4.69, 9.17) is 0 Å². The Bertz CT molecular complexity index is 838. The first kappa shape index (κ1) is 21.4. The summed E-state index contributed by atoms with van der Waals surface area (Å²) in [5.41, 5.74) is -1.35. The molecule has 2 aromatic rings. The van der Waals surface area contributed by atoms with E-state index < -0.39 is 36.0 Å². The van der Waals surface area contributed by atoms with E-state index in [1.807, 2.05) is 0 Å². The number of thiophene rings is 1. The molecule has 0 unspecified atom stereocenters. The van der Waals surface area contributed by atoms with Crippen molar-refractivity contribution in [2.45, 2.75) is 13.1 Å². The van der Waals surface area contributed by atoms with Gasteiger partial charge in [-0.2, -0.15) is 13.2 Å². The van der Waals surface area contributed by atoms with Crippen molar-refractivity contribution in [1.29, 1.82) is 0 Å². The molecule has 2 rings (SSSR count). The van der Waals surface area contributed by atoms with Gasteiger partial charge in [0.1, 0.15) is 0 Å². The van der Waals surface area contributed by atoms with Crippen molar-refractivity contribution >= 4 is 34.7 Å². The smallest absolute Gasteiger partial charge is 0.342 e. The monoisotopic (exact) mass is 413 g/mol. The van der Waals surface area contributed by atoms with Crippen LogP contribution in [0.5, 0.6) is 0 Å². The van der Waals surface area contributed by atoms with Gasteiger partial charge in [0, 0.05) is 6.54 Å². The summed E-state index contributed by atoms with van der Waals surface area (Å²) >= 11 is 1.22. The molecule has 6 nitrogen and oxygen atoms in total. The van der Waals surface area contributed by atoms with Crippen LogP contribution in [0.2, 0.25) is 0 Å². The van der Waals surface area contributed by atoms with Crippen molar-refractivity contribution in [3.05, 3.63) is 52.2 Å². The first-order valence-corrected chi connectivity index (χ1v) is 9.16. The molecule has 0 aliphatic carbocycles. The van der Waals surface area contributed by atoms with Gasteiger partial charge in [-0.05, 0) is 30.5 Å². The van der Waals surface area contributed by atoms with Crippen LogP contribution >= 0.6 is 11.3 Å². The third kappa shape index (κ3) is 5.81. The van der Waals surface area contributed by atoms with Crippen LogP contribution in [-0.4, -0.2) is 42.3 Å². The van der Waals surface area contributed by atoms with Crippen LogP contribution in [0.15, 0.2) is 41.8 Å². The Balaban J connectivity index is 1.94. The number of halogens is 3. The van der Waals surface area contributed by atoms with E-state index in [0.717, 1.165) is 17.0 Å². The maximum atomic E-state index is 13.0. The van der Waals surface area contributed by atoms with Crippen molar-refractivity contribution in [3.63, 3.8) is 0 Å². The van der Waals surface area contributed by atoms with Crippen LogP contribution in [0, 0.1) is 0 Å². The van der Waals surface area contributed by atoms with Gasteiger partial charge in [0.05, 0.1) is 29.2 Å². The average Bonchev–Trinajstić information content (AvgIpc) is 3.18. The van der Waals surface area contributed by atoms with Crippen molar-refractivity contribution in [3.8, 4) is 0 Å². The second-order valence-corrected chi connectivity index (χ2v) is 6.61. The van der Waals surface area contributed by atoms with Gasteiger partial charge in [0.2, 0.25) is 11.8 Å². The maximum Gasteiger partial charge on any atom is 0.418 e. The zero-order valence-corrected chi connectivity index (χ0v) is 15.7. The number of nitrogens with zero attached hydrogens (tertiary/aromatic N) is 1. The third-order valence-corrected chi connectivity index (χ3v) is 4.59. The number of carbonyl (C=O) groups excluding carboxylic acids is 3. The molecule has 0 aliphatic heterocycles. The Hall–Kier alpha value is -2.88. The first-order chi connectivity index (χ1) is 13.2. The molecular weight excluding hydrogens is 395 g/mol. The topological polar surface area (TPSA) is 78.5 Å². The van der Waals surface area contributed by atoms with E-state index in [0.29, 0.717) is 4.88 Å². The lowest BCUT2D eigenvalue weighted by molar-refractivity contribution is -0.137. The molecule has 1 aromatic heterocycles. The summed E-state index contributed by atoms with van der Waals surface area (Å²) in [6, 6.07) is 7.89. The predicted molar refractivity (Wildman–Crippen MR) is 99.0 cm³/mol. The van der Waals surface area contributed by atoms with Crippen LogP contribution in [-0.2, 0) is 15.8 Å². The SMILES string of the molecule is CCN(CC(=O)Nc1ccccc1C(F)(F)F)C(=O)CNC(=O)c1cccs1. The second-order valence-electron chi connectivity index (χ2n) is 5.66. The number of hydrogen-bond acceptors (Lipinski definition) is 4. The van der Waals surface area contributed by atoms with Gasteiger partial charge in [-0.15, -0.1) is 11.3 Å². The molecular formula is C18H18F3N3O3S. The average molecular weight is 413 g/mol. The van der Waals surface area contributed by atoms with Crippen LogP contribution in [0.25, 0.3) is 0 Å². The van der Waals surface area contributed by atoms with Gasteiger partial charge in [-0.3, -0.25) is 14.4 Å². The Morgan fingerprint density at radius 2 is 1.82 bits per heavy atom. The van der Waals surface area contributed by atoms with Gasteiger partial charge in [-0.25, -0.2) is 0 Å². The molecule has 1 aromatic carbocycles. The number of benzene rings is 1. The molecule has 0 spiro atoms. The largest absolute Gasteiger partial charge is 0.418 e. The molecule has 0 fully saturated rings. The molecule has 0 radical (unpaired) electrons. The number of likely N-dealkylation sites (N-methyl/N-ethyl adjacent to an activating group) is 1. The number of alkyl halides is 3. The molecule has 1 heterocycles. The van der Waals surface area contributed by atoms with Gasteiger partial charge < -0.3 is 15.5 Å². The third-order valence-electron chi connectivity index (χ3n) is 3.72.